The van der Waals surface area contributed by atoms with Gasteiger partial charge in [0.15, 0.2) is 0 Å². The van der Waals surface area contributed by atoms with Crippen molar-refractivity contribution < 1.29 is 6.22 Å². The van der Waals surface area contributed by atoms with Crippen LogP contribution in [0.4, 0.5) is 0 Å². The summed E-state index contributed by atoms with van der Waals surface area (Å²) in [7, 11) is 0. The molecule has 1 aromatic heterocycles. The minimum absolute atomic E-state index is 0. The molecule has 1 rings (SSSR count). The average Bonchev–Trinajstić information content (AvgIpc) is 2.52. The molecule has 0 aliphatic rings. The molecular formula is C11H18N2O. The summed E-state index contributed by atoms with van der Waals surface area (Å²) in [5.41, 5.74) is 1.33. The van der Waals surface area contributed by atoms with Crippen LogP contribution >= 0.6 is 0 Å². The van der Waals surface area contributed by atoms with E-state index in [2.05, 4.69) is 18.8 Å². The van der Waals surface area contributed by atoms with Gasteiger partial charge in [0.1, 0.15) is 11.9 Å². The first-order chi connectivity index (χ1) is 6.65. The normalized spacial score (nSPS) is 8.43. The second-order valence-electron chi connectivity index (χ2n) is 3.09. The molecule has 14 heavy (non-hydrogen) atoms. The van der Waals surface area contributed by atoms with Crippen molar-refractivity contribution in [2.45, 2.75) is 33.6 Å². The van der Waals surface area contributed by atoms with Crippen LogP contribution in [0, 0.1) is 11.3 Å². The van der Waals surface area contributed by atoms with E-state index in [1.807, 2.05) is 6.07 Å². The molecule has 0 unspecified atom stereocenters. The SMILES string of the molecule is CC(=O)Cc1c[nH]cc1C#N.CCC.[HH]. The van der Waals surface area contributed by atoms with Crippen molar-refractivity contribution in [2.75, 3.05) is 0 Å². The van der Waals surface area contributed by atoms with E-state index in [1.54, 1.807) is 12.4 Å². The Morgan fingerprint density at radius 1 is 1.57 bits per heavy atom. The van der Waals surface area contributed by atoms with E-state index >= 15 is 0 Å². The molecule has 0 bridgehead atoms. The van der Waals surface area contributed by atoms with Gasteiger partial charge >= 0.3 is 0 Å². The maximum absolute atomic E-state index is 10.7. The second kappa shape index (κ2) is 6.90. The quantitative estimate of drug-likeness (QED) is 0.786. The lowest BCUT2D eigenvalue weighted by molar-refractivity contribution is -0.116. The Hall–Kier alpha value is -1.56. The highest BCUT2D eigenvalue weighted by Gasteiger charge is 2.03. The molecule has 0 spiro atoms. The first-order valence-corrected chi connectivity index (χ1v) is 4.70. The van der Waals surface area contributed by atoms with Gasteiger partial charge in [-0.3, -0.25) is 4.79 Å². The minimum atomic E-state index is 0. The molecule has 0 amide bonds. The van der Waals surface area contributed by atoms with Crippen LogP contribution in [0.2, 0.25) is 0 Å². The molecule has 0 aliphatic heterocycles. The number of rotatable bonds is 2. The summed E-state index contributed by atoms with van der Waals surface area (Å²) in [5, 5.41) is 8.54. The monoisotopic (exact) mass is 194 g/mol. The van der Waals surface area contributed by atoms with Crippen LogP contribution in [0.3, 0.4) is 0 Å². The topological polar surface area (TPSA) is 56.6 Å². The predicted molar refractivity (Wildman–Crippen MR) is 58.0 cm³/mol. The van der Waals surface area contributed by atoms with Gasteiger partial charge in [-0.1, -0.05) is 20.3 Å². The Labute approximate surface area is 86.2 Å². The Balaban J connectivity index is 0. The van der Waals surface area contributed by atoms with E-state index < -0.39 is 0 Å². The number of Topliss-reactive ketones (excluding diaryl/α,β-unsaturated/α-hetero) is 1. The fourth-order valence-electron chi connectivity index (χ4n) is 0.915. The highest BCUT2D eigenvalue weighted by Crippen LogP contribution is 2.06. The van der Waals surface area contributed by atoms with Gasteiger partial charge < -0.3 is 4.98 Å². The van der Waals surface area contributed by atoms with Gasteiger partial charge in [0, 0.05) is 20.2 Å². The third kappa shape index (κ3) is 4.46. The smallest absolute Gasteiger partial charge is 0.134 e. The van der Waals surface area contributed by atoms with Crippen LogP contribution < -0.4 is 0 Å². The van der Waals surface area contributed by atoms with Crippen LogP contribution in [0.15, 0.2) is 12.4 Å². The number of nitrogens with zero attached hydrogens (tertiary/aromatic N) is 1. The van der Waals surface area contributed by atoms with Gasteiger partial charge in [-0.25, -0.2) is 0 Å². The van der Waals surface area contributed by atoms with Gasteiger partial charge in [0.25, 0.3) is 0 Å². The van der Waals surface area contributed by atoms with Gasteiger partial charge in [0.05, 0.1) is 5.56 Å². The maximum Gasteiger partial charge on any atom is 0.134 e. The molecule has 0 saturated carbocycles. The molecule has 78 valence electrons. The summed E-state index contributed by atoms with van der Waals surface area (Å²) in [6.45, 7) is 5.76. The van der Waals surface area contributed by atoms with E-state index in [9.17, 15) is 4.79 Å². The number of ketones is 1. The molecule has 0 saturated heterocycles. The summed E-state index contributed by atoms with van der Waals surface area (Å²) in [4.78, 5) is 13.4. The molecule has 1 N–H and O–H groups in total. The summed E-state index contributed by atoms with van der Waals surface area (Å²) in [6, 6.07) is 2.00. The lowest BCUT2D eigenvalue weighted by Crippen LogP contribution is -1.95. The molecule has 1 aromatic rings. The van der Waals surface area contributed by atoms with Gasteiger partial charge in [-0.2, -0.15) is 5.26 Å². The number of aromatic amines is 1. The van der Waals surface area contributed by atoms with Crippen molar-refractivity contribution in [1.29, 1.82) is 5.26 Å². The fraction of sp³-hybridized carbons (Fsp3) is 0.455. The summed E-state index contributed by atoms with van der Waals surface area (Å²) in [5.74, 6) is 0.0705. The zero-order valence-corrected chi connectivity index (χ0v) is 8.92. The lowest BCUT2D eigenvalue weighted by atomic mass is 10.1. The molecule has 0 aliphatic carbocycles. The Bertz CT molecular complexity index is 326. The summed E-state index contributed by atoms with van der Waals surface area (Å²) >= 11 is 0. The van der Waals surface area contributed by atoms with Crippen molar-refractivity contribution >= 4 is 5.78 Å². The Morgan fingerprint density at radius 2 is 2.14 bits per heavy atom. The molecule has 0 radical (unpaired) electrons. The minimum Gasteiger partial charge on any atom is -0.366 e. The van der Waals surface area contributed by atoms with Crippen LogP contribution in [-0.2, 0) is 11.2 Å². The Kier molecular flexibility index (Phi) is 6.13. The number of H-pyrrole nitrogens is 1. The van der Waals surface area contributed by atoms with Crippen molar-refractivity contribution in [3.8, 4) is 6.07 Å². The molecule has 3 nitrogen and oxygen atoms in total. The third-order valence-electron chi connectivity index (χ3n) is 1.39. The van der Waals surface area contributed by atoms with E-state index in [0.717, 1.165) is 5.56 Å². The largest absolute Gasteiger partial charge is 0.366 e. The number of aromatic nitrogens is 1. The molecule has 3 heteroatoms. The standard InChI is InChI=1S/C8H8N2O.C3H8.H2/c1-6(11)2-7-4-10-5-8(7)3-9;1-3-2;/h4-5,10H,2H2,1H3;3H2,1-2H3;1H. The molecule has 0 aromatic carbocycles. The highest BCUT2D eigenvalue weighted by molar-refractivity contribution is 5.78. The fourth-order valence-corrected chi connectivity index (χ4v) is 0.915. The zero-order chi connectivity index (χ0) is 11.0. The highest BCUT2D eigenvalue weighted by atomic mass is 16.1. The first kappa shape index (κ1) is 12.4. The maximum atomic E-state index is 10.7. The Morgan fingerprint density at radius 3 is 2.57 bits per heavy atom. The second-order valence-corrected chi connectivity index (χ2v) is 3.09. The van der Waals surface area contributed by atoms with E-state index in [4.69, 9.17) is 5.26 Å². The lowest BCUT2D eigenvalue weighted by Gasteiger charge is -1.90. The number of carbonyl (C=O) groups excluding carboxylic acids is 1. The summed E-state index contributed by atoms with van der Waals surface area (Å²) < 4.78 is 0. The average molecular weight is 194 g/mol. The molecule has 0 fully saturated rings. The number of nitrogens with one attached hydrogen (secondary N) is 1. The third-order valence-corrected chi connectivity index (χ3v) is 1.39. The van der Waals surface area contributed by atoms with Gasteiger partial charge in [-0.05, 0) is 12.5 Å². The van der Waals surface area contributed by atoms with Crippen LogP contribution in [0.5, 0.6) is 0 Å². The van der Waals surface area contributed by atoms with E-state index in [1.165, 1.54) is 13.3 Å². The predicted octanol–water partition coefficient (Wildman–Crippen LogP) is 2.68. The van der Waals surface area contributed by atoms with Crippen LogP contribution in [0.1, 0.15) is 39.7 Å². The first-order valence-electron chi connectivity index (χ1n) is 4.70. The van der Waals surface area contributed by atoms with E-state index in [-0.39, 0.29) is 7.21 Å². The van der Waals surface area contributed by atoms with Crippen LogP contribution in [-0.4, -0.2) is 10.8 Å². The van der Waals surface area contributed by atoms with Crippen LogP contribution in [0.25, 0.3) is 0 Å². The molecular weight excluding hydrogens is 176 g/mol. The van der Waals surface area contributed by atoms with Gasteiger partial charge in [0.2, 0.25) is 0 Å². The number of hydrogen-bond donors (Lipinski definition) is 1. The molecule has 0 atom stereocenters. The van der Waals surface area contributed by atoms with Crippen molar-refractivity contribution in [3.63, 3.8) is 0 Å². The van der Waals surface area contributed by atoms with Crippen molar-refractivity contribution in [1.82, 2.24) is 4.98 Å². The number of hydrogen-bond acceptors (Lipinski definition) is 2. The number of nitriles is 1. The van der Waals surface area contributed by atoms with Crippen molar-refractivity contribution in [2.24, 2.45) is 0 Å². The summed E-state index contributed by atoms with van der Waals surface area (Å²) in [6.07, 6.45) is 4.87. The molecule has 1 heterocycles. The van der Waals surface area contributed by atoms with E-state index in [0.29, 0.717) is 12.0 Å². The van der Waals surface area contributed by atoms with Crippen molar-refractivity contribution in [3.05, 3.63) is 23.5 Å². The number of carbonyl (C=O) groups is 1. The zero-order valence-electron chi connectivity index (χ0n) is 8.92. The van der Waals surface area contributed by atoms with Gasteiger partial charge in [-0.15, -0.1) is 0 Å².